The summed E-state index contributed by atoms with van der Waals surface area (Å²) < 4.78 is 11.4. The molecular weight excluding hydrogens is 243 g/mol. The molecule has 3 heteroatoms. The highest BCUT2D eigenvalue weighted by Gasteiger charge is 2.31. The molecule has 2 atom stereocenters. The minimum absolute atomic E-state index is 0.229. The van der Waals surface area contributed by atoms with Crippen molar-refractivity contribution >= 4 is 8.03 Å². The minimum atomic E-state index is -2.47. The Balaban J connectivity index is 1.93. The van der Waals surface area contributed by atoms with Gasteiger partial charge in [-0.3, -0.25) is 0 Å². The molecule has 2 unspecified atom stereocenters. The summed E-state index contributed by atoms with van der Waals surface area (Å²) in [5.74, 6) is 0.229. The molecule has 0 spiro atoms. The van der Waals surface area contributed by atoms with Gasteiger partial charge in [-0.25, -0.2) is 0 Å². The topological polar surface area (TPSA) is 40.1 Å². The molecule has 3 rings (SSSR count). The Kier molecular flexibility index (Phi) is 3.32. The molecule has 0 bridgehead atoms. The first-order valence-electron chi connectivity index (χ1n) is 6.72. The quantitative estimate of drug-likeness (QED) is 0.572. The van der Waals surface area contributed by atoms with E-state index in [4.69, 9.17) is 0 Å². The van der Waals surface area contributed by atoms with E-state index in [2.05, 4.69) is 18.2 Å². The van der Waals surface area contributed by atoms with E-state index in [9.17, 15) is 9.46 Å². The van der Waals surface area contributed by atoms with E-state index in [0.717, 1.165) is 37.7 Å². The molecule has 0 N–H and O–H groups in total. The van der Waals surface area contributed by atoms with Gasteiger partial charge in [0.1, 0.15) is 0 Å². The van der Waals surface area contributed by atoms with Crippen LogP contribution >= 0.6 is 8.03 Å². The Labute approximate surface area is 109 Å². The van der Waals surface area contributed by atoms with Crippen molar-refractivity contribution in [2.75, 3.05) is 0 Å². The van der Waals surface area contributed by atoms with Crippen molar-refractivity contribution in [3.8, 4) is 0 Å². The molecule has 3 aliphatic rings. The fraction of sp³-hybridized carbons (Fsp3) is 0.467. The van der Waals surface area contributed by atoms with Gasteiger partial charge in [0.05, 0.1) is 0 Å². The summed E-state index contributed by atoms with van der Waals surface area (Å²) >= 11 is 0. The van der Waals surface area contributed by atoms with E-state index < -0.39 is 8.03 Å². The standard InChI is InChI=1S/C15H17O2P/c16-18(17)15-10-13(11-5-1-2-6-11)9-14(15)12-7-3-4-8-12/h5,7,9-10,13H,1-4,6,8H2. The van der Waals surface area contributed by atoms with Gasteiger partial charge < -0.3 is 4.89 Å². The maximum atomic E-state index is 11.4. The van der Waals surface area contributed by atoms with Crippen molar-refractivity contribution in [2.24, 2.45) is 5.92 Å². The fourth-order valence-corrected chi connectivity index (χ4v) is 3.83. The zero-order chi connectivity index (χ0) is 12.5. The first kappa shape index (κ1) is 12.1. The van der Waals surface area contributed by atoms with Gasteiger partial charge in [0.15, 0.2) is 5.31 Å². The average Bonchev–Trinajstić information content (AvgIpc) is 3.10. The van der Waals surface area contributed by atoms with E-state index >= 15 is 0 Å². The number of hydrogen-bond acceptors (Lipinski definition) is 2. The summed E-state index contributed by atoms with van der Waals surface area (Å²) in [6.07, 6.45) is 15.3. The lowest BCUT2D eigenvalue weighted by Crippen LogP contribution is -1.93. The molecule has 0 radical (unpaired) electrons. The third-order valence-corrected chi connectivity index (χ3v) is 4.83. The smallest absolute Gasteiger partial charge is 0.349 e. The van der Waals surface area contributed by atoms with Crippen LogP contribution in [0.5, 0.6) is 0 Å². The van der Waals surface area contributed by atoms with Gasteiger partial charge in [0.25, 0.3) is 0 Å². The maximum absolute atomic E-state index is 11.4. The molecule has 0 aliphatic heterocycles. The SMILES string of the molecule is O=[P+]([O-])C1=CC(C2=CCCC2)C=C1C1=CCCC1. The third kappa shape index (κ3) is 2.15. The number of rotatable bonds is 3. The third-order valence-electron chi connectivity index (χ3n) is 4.05. The lowest BCUT2D eigenvalue weighted by Gasteiger charge is -2.05. The van der Waals surface area contributed by atoms with Gasteiger partial charge in [0.2, 0.25) is 0 Å². The van der Waals surface area contributed by atoms with Crippen LogP contribution in [0.3, 0.4) is 0 Å². The molecule has 0 fully saturated rings. The molecule has 0 amide bonds. The lowest BCUT2D eigenvalue weighted by atomic mass is 9.99. The number of hydrogen-bond donors (Lipinski definition) is 0. The van der Waals surface area contributed by atoms with Crippen LogP contribution in [0.15, 0.2) is 46.3 Å². The molecule has 0 heterocycles. The Morgan fingerprint density at radius 3 is 2.50 bits per heavy atom. The number of allylic oxidation sites excluding steroid dienone is 8. The van der Waals surface area contributed by atoms with Gasteiger partial charge in [0, 0.05) is 11.5 Å². The molecule has 3 aliphatic carbocycles. The Morgan fingerprint density at radius 2 is 1.89 bits per heavy atom. The largest absolute Gasteiger partial charge is 0.591 e. The monoisotopic (exact) mass is 260 g/mol. The van der Waals surface area contributed by atoms with Crippen molar-refractivity contribution in [3.05, 3.63) is 46.3 Å². The van der Waals surface area contributed by atoms with Crippen molar-refractivity contribution in [1.82, 2.24) is 0 Å². The van der Waals surface area contributed by atoms with Crippen LogP contribution in [-0.2, 0) is 4.57 Å². The normalized spacial score (nSPS) is 27.8. The first-order valence-corrected chi connectivity index (χ1v) is 7.90. The molecule has 0 aromatic rings. The predicted molar refractivity (Wildman–Crippen MR) is 71.1 cm³/mol. The van der Waals surface area contributed by atoms with Crippen molar-refractivity contribution in [3.63, 3.8) is 0 Å². The molecule has 0 saturated heterocycles. The highest BCUT2D eigenvalue weighted by atomic mass is 31.1. The molecule has 94 valence electrons. The summed E-state index contributed by atoms with van der Waals surface area (Å²) in [6.45, 7) is 0. The molecular formula is C15H17O2P. The lowest BCUT2D eigenvalue weighted by molar-refractivity contribution is -0.161. The summed E-state index contributed by atoms with van der Waals surface area (Å²) in [4.78, 5) is 11.4. The van der Waals surface area contributed by atoms with Gasteiger partial charge in [-0.2, -0.15) is 0 Å². The van der Waals surface area contributed by atoms with Crippen LogP contribution in [0.4, 0.5) is 0 Å². The van der Waals surface area contributed by atoms with E-state index in [1.54, 1.807) is 0 Å². The van der Waals surface area contributed by atoms with Crippen LogP contribution in [-0.4, -0.2) is 0 Å². The summed E-state index contributed by atoms with van der Waals surface area (Å²) in [5, 5.41) is 0.552. The van der Waals surface area contributed by atoms with Crippen molar-refractivity contribution in [2.45, 2.75) is 38.5 Å². The predicted octanol–water partition coefficient (Wildman–Crippen LogP) is 3.75. The Morgan fingerprint density at radius 1 is 1.11 bits per heavy atom. The van der Waals surface area contributed by atoms with Crippen LogP contribution in [0.1, 0.15) is 38.5 Å². The maximum Gasteiger partial charge on any atom is 0.349 e. The van der Waals surface area contributed by atoms with Crippen LogP contribution in [0.25, 0.3) is 0 Å². The fourth-order valence-electron chi connectivity index (χ4n) is 3.13. The second-order valence-corrected chi connectivity index (χ2v) is 6.20. The van der Waals surface area contributed by atoms with Gasteiger partial charge in [-0.1, -0.05) is 28.4 Å². The van der Waals surface area contributed by atoms with E-state index in [-0.39, 0.29) is 5.92 Å². The molecule has 18 heavy (non-hydrogen) atoms. The zero-order valence-electron chi connectivity index (χ0n) is 10.4. The minimum Gasteiger partial charge on any atom is -0.591 e. The Hall–Kier alpha value is -0.980. The van der Waals surface area contributed by atoms with E-state index in [1.807, 2.05) is 6.08 Å². The van der Waals surface area contributed by atoms with E-state index in [1.165, 1.54) is 17.6 Å². The van der Waals surface area contributed by atoms with Gasteiger partial charge in [-0.05, 0) is 50.2 Å². The second-order valence-electron chi connectivity index (χ2n) is 5.21. The summed E-state index contributed by atoms with van der Waals surface area (Å²) in [7, 11) is -2.47. The molecule has 2 nitrogen and oxygen atoms in total. The molecule has 0 saturated carbocycles. The van der Waals surface area contributed by atoms with Gasteiger partial charge in [-0.15, -0.1) is 0 Å². The Bertz CT molecular complexity index is 509. The van der Waals surface area contributed by atoms with E-state index in [0.29, 0.717) is 5.31 Å². The van der Waals surface area contributed by atoms with Crippen LogP contribution in [0, 0.1) is 5.92 Å². The summed E-state index contributed by atoms with van der Waals surface area (Å²) in [5.41, 5.74) is 3.63. The second kappa shape index (κ2) is 4.95. The average molecular weight is 260 g/mol. The van der Waals surface area contributed by atoms with Crippen molar-refractivity contribution < 1.29 is 9.46 Å². The highest BCUT2D eigenvalue weighted by Crippen LogP contribution is 2.45. The van der Waals surface area contributed by atoms with Crippen LogP contribution in [0.2, 0.25) is 0 Å². The van der Waals surface area contributed by atoms with Gasteiger partial charge >= 0.3 is 8.03 Å². The van der Waals surface area contributed by atoms with Crippen LogP contribution < -0.4 is 4.89 Å². The highest BCUT2D eigenvalue weighted by molar-refractivity contribution is 7.42. The molecule has 0 aromatic heterocycles. The molecule has 0 aromatic carbocycles. The first-order chi connectivity index (χ1) is 8.75. The zero-order valence-corrected chi connectivity index (χ0v) is 11.3. The van der Waals surface area contributed by atoms with Crippen molar-refractivity contribution in [1.29, 1.82) is 0 Å². The summed E-state index contributed by atoms with van der Waals surface area (Å²) in [6, 6.07) is 0.